The molecule has 0 saturated carbocycles. The van der Waals surface area contributed by atoms with Crippen molar-refractivity contribution in [2.75, 3.05) is 30.3 Å². The number of amides is 1. The van der Waals surface area contributed by atoms with Crippen LogP contribution in [0, 0.1) is 11.3 Å². The molecule has 9 nitrogen and oxygen atoms in total. The van der Waals surface area contributed by atoms with E-state index in [2.05, 4.69) is 10.3 Å². The van der Waals surface area contributed by atoms with Crippen LogP contribution in [0.4, 0.5) is 11.5 Å². The number of unbranched alkanes of at least 4 members (excludes halogenated alkanes) is 1. The molecule has 1 aromatic heterocycles. The molecular formula is C15H24N6O3. The number of rotatable bonds is 9. The summed E-state index contributed by atoms with van der Waals surface area (Å²) in [7, 11) is 0. The molecule has 132 valence electrons. The number of nitrogens with two attached hydrogens (primary N) is 1. The molecule has 0 aromatic carbocycles. The van der Waals surface area contributed by atoms with Gasteiger partial charge in [0.05, 0.1) is 19.0 Å². The molecule has 1 amide bonds. The van der Waals surface area contributed by atoms with E-state index in [1.54, 1.807) is 6.92 Å². The second kappa shape index (κ2) is 9.39. The molecule has 0 bridgehead atoms. The van der Waals surface area contributed by atoms with Gasteiger partial charge in [-0.3, -0.25) is 19.1 Å². The summed E-state index contributed by atoms with van der Waals surface area (Å²) in [5, 5.41) is 11.1. The van der Waals surface area contributed by atoms with Crippen LogP contribution in [0.15, 0.2) is 9.59 Å². The van der Waals surface area contributed by atoms with Gasteiger partial charge in [-0.05, 0) is 13.3 Å². The van der Waals surface area contributed by atoms with Crippen molar-refractivity contribution in [2.24, 2.45) is 0 Å². The van der Waals surface area contributed by atoms with Crippen LogP contribution in [0.3, 0.4) is 0 Å². The van der Waals surface area contributed by atoms with Gasteiger partial charge in [0.2, 0.25) is 5.91 Å². The fourth-order valence-electron chi connectivity index (χ4n) is 2.26. The van der Waals surface area contributed by atoms with Gasteiger partial charge in [-0.15, -0.1) is 0 Å². The summed E-state index contributed by atoms with van der Waals surface area (Å²) in [6.07, 6.45) is 1.83. The quantitative estimate of drug-likeness (QED) is 0.533. The standard InChI is InChI=1S/C15H24N6O3/c1-3-5-9-21-13(17)12(14(23)19-15(21)24)20(4-2)10-11(22)18-8-6-7-16/h3-6,8-10,17H2,1-2H3,(H,18,22)(H,19,23,24). The second-order valence-electron chi connectivity index (χ2n) is 5.27. The number of nitriles is 1. The third-order valence-electron chi connectivity index (χ3n) is 3.54. The van der Waals surface area contributed by atoms with Crippen molar-refractivity contribution in [3.05, 3.63) is 20.8 Å². The maximum atomic E-state index is 12.2. The summed E-state index contributed by atoms with van der Waals surface area (Å²) in [5.41, 5.74) is 4.98. The van der Waals surface area contributed by atoms with Crippen molar-refractivity contribution in [1.29, 1.82) is 5.26 Å². The fraction of sp³-hybridized carbons (Fsp3) is 0.600. The van der Waals surface area contributed by atoms with Gasteiger partial charge >= 0.3 is 5.69 Å². The van der Waals surface area contributed by atoms with Crippen LogP contribution in [0.2, 0.25) is 0 Å². The van der Waals surface area contributed by atoms with Crippen LogP contribution >= 0.6 is 0 Å². The average Bonchev–Trinajstić information content (AvgIpc) is 2.53. The number of hydrogen-bond acceptors (Lipinski definition) is 6. The molecule has 1 heterocycles. The van der Waals surface area contributed by atoms with Crippen molar-refractivity contribution >= 4 is 17.4 Å². The summed E-state index contributed by atoms with van der Waals surface area (Å²) in [6.45, 7) is 4.69. The fourth-order valence-corrected chi connectivity index (χ4v) is 2.26. The van der Waals surface area contributed by atoms with E-state index in [0.29, 0.717) is 13.1 Å². The minimum Gasteiger partial charge on any atom is -0.383 e. The van der Waals surface area contributed by atoms with Crippen molar-refractivity contribution in [1.82, 2.24) is 14.9 Å². The van der Waals surface area contributed by atoms with Gasteiger partial charge < -0.3 is 16.0 Å². The monoisotopic (exact) mass is 336 g/mol. The van der Waals surface area contributed by atoms with Gasteiger partial charge in [0.15, 0.2) is 0 Å². The molecule has 0 radical (unpaired) electrons. The Morgan fingerprint density at radius 2 is 2.12 bits per heavy atom. The number of nitrogens with zero attached hydrogens (tertiary/aromatic N) is 3. The third-order valence-corrected chi connectivity index (χ3v) is 3.54. The normalized spacial score (nSPS) is 10.2. The Labute approximate surface area is 140 Å². The first-order chi connectivity index (χ1) is 11.5. The molecule has 9 heteroatoms. The van der Waals surface area contributed by atoms with Crippen LogP contribution < -0.4 is 27.2 Å². The van der Waals surface area contributed by atoms with Crippen LogP contribution in [0.1, 0.15) is 33.1 Å². The number of carbonyl (C=O) groups is 1. The summed E-state index contributed by atoms with van der Waals surface area (Å²) in [5.74, 6) is -0.263. The summed E-state index contributed by atoms with van der Waals surface area (Å²) >= 11 is 0. The second-order valence-corrected chi connectivity index (χ2v) is 5.27. The number of aromatic nitrogens is 2. The number of nitrogen functional groups attached to an aromatic ring is 1. The highest BCUT2D eigenvalue weighted by atomic mass is 16.2. The molecule has 0 aliphatic carbocycles. The number of H-pyrrole nitrogens is 1. The van der Waals surface area contributed by atoms with Crippen LogP contribution in [0.25, 0.3) is 0 Å². The largest absolute Gasteiger partial charge is 0.383 e. The molecule has 1 rings (SSSR count). The van der Waals surface area contributed by atoms with Gasteiger partial charge in [0.25, 0.3) is 5.56 Å². The van der Waals surface area contributed by atoms with E-state index in [9.17, 15) is 14.4 Å². The Morgan fingerprint density at radius 1 is 1.42 bits per heavy atom. The highest BCUT2D eigenvalue weighted by Gasteiger charge is 2.19. The van der Waals surface area contributed by atoms with E-state index in [-0.39, 0.29) is 36.9 Å². The lowest BCUT2D eigenvalue weighted by Gasteiger charge is -2.24. The van der Waals surface area contributed by atoms with Crippen molar-refractivity contribution in [3.63, 3.8) is 0 Å². The van der Waals surface area contributed by atoms with Gasteiger partial charge in [0, 0.05) is 19.6 Å². The molecule has 24 heavy (non-hydrogen) atoms. The predicted molar refractivity (Wildman–Crippen MR) is 91.8 cm³/mol. The number of aromatic amines is 1. The number of carbonyl (C=O) groups excluding carboxylic acids is 1. The van der Waals surface area contributed by atoms with Crippen LogP contribution in [-0.4, -0.2) is 35.1 Å². The first-order valence-electron chi connectivity index (χ1n) is 7.97. The molecule has 0 saturated heterocycles. The SMILES string of the molecule is CCCCn1c(N)c(N(CC)CC(=O)NCCC#N)c(=O)[nH]c1=O. The Balaban J connectivity index is 3.08. The molecule has 1 aromatic rings. The Hall–Kier alpha value is -2.76. The first kappa shape index (κ1) is 19.3. The summed E-state index contributed by atoms with van der Waals surface area (Å²) < 4.78 is 1.32. The lowest BCUT2D eigenvalue weighted by molar-refractivity contribution is -0.119. The number of likely N-dealkylation sites (N-methyl/N-ethyl adjacent to an activating group) is 1. The number of nitrogens with one attached hydrogen (secondary N) is 2. The van der Waals surface area contributed by atoms with E-state index >= 15 is 0 Å². The van der Waals surface area contributed by atoms with Crippen molar-refractivity contribution in [2.45, 2.75) is 39.7 Å². The predicted octanol–water partition coefficient (Wildman–Crippen LogP) is -0.225. The van der Waals surface area contributed by atoms with E-state index < -0.39 is 11.2 Å². The minimum atomic E-state index is -0.614. The molecule has 4 N–H and O–H groups in total. The van der Waals surface area contributed by atoms with E-state index in [1.165, 1.54) is 9.47 Å². The van der Waals surface area contributed by atoms with E-state index in [0.717, 1.165) is 12.8 Å². The molecule has 0 spiro atoms. The van der Waals surface area contributed by atoms with Gasteiger partial charge in [-0.2, -0.15) is 5.26 Å². The summed E-state index contributed by atoms with van der Waals surface area (Å²) in [4.78, 5) is 39.8. The first-order valence-corrected chi connectivity index (χ1v) is 7.97. The van der Waals surface area contributed by atoms with Crippen LogP contribution in [0.5, 0.6) is 0 Å². The topological polar surface area (TPSA) is 137 Å². The zero-order chi connectivity index (χ0) is 18.1. The van der Waals surface area contributed by atoms with Crippen molar-refractivity contribution < 1.29 is 4.79 Å². The zero-order valence-electron chi connectivity index (χ0n) is 14.1. The van der Waals surface area contributed by atoms with E-state index in [4.69, 9.17) is 11.0 Å². The molecule has 0 aliphatic rings. The lowest BCUT2D eigenvalue weighted by Crippen LogP contribution is -2.43. The Kier molecular flexibility index (Phi) is 7.55. The highest BCUT2D eigenvalue weighted by molar-refractivity contribution is 5.82. The smallest absolute Gasteiger partial charge is 0.330 e. The molecule has 0 unspecified atom stereocenters. The van der Waals surface area contributed by atoms with E-state index in [1.807, 2.05) is 13.0 Å². The van der Waals surface area contributed by atoms with Gasteiger partial charge in [0.1, 0.15) is 11.5 Å². The lowest BCUT2D eigenvalue weighted by atomic mass is 10.3. The average molecular weight is 336 g/mol. The van der Waals surface area contributed by atoms with Crippen molar-refractivity contribution in [3.8, 4) is 6.07 Å². The maximum absolute atomic E-state index is 12.2. The van der Waals surface area contributed by atoms with Crippen LogP contribution in [-0.2, 0) is 11.3 Å². The summed E-state index contributed by atoms with van der Waals surface area (Å²) in [6, 6.07) is 1.93. The molecular weight excluding hydrogens is 312 g/mol. The Morgan fingerprint density at radius 3 is 2.71 bits per heavy atom. The minimum absolute atomic E-state index is 0.0591. The molecule has 0 aliphatic heterocycles. The van der Waals surface area contributed by atoms with Gasteiger partial charge in [-0.25, -0.2) is 4.79 Å². The highest BCUT2D eigenvalue weighted by Crippen LogP contribution is 2.16. The third kappa shape index (κ3) is 4.87. The number of anilines is 2. The number of hydrogen-bond donors (Lipinski definition) is 3. The maximum Gasteiger partial charge on any atom is 0.330 e. The zero-order valence-corrected chi connectivity index (χ0v) is 14.1. The molecule has 0 fully saturated rings. The van der Waals surface area contributed by atoms with Gasteiger partial charge in [-0.1, -0.05) is 13.3 Å². The molecule has 0 atom stereocenters. The Bertz CT molecular complexity index is 715.